The molecule has 1 aliphatic carbocycles. The lowest BCUT2D eigenvalue weighted by Crippen LogP contribution is -2.50. The van der Waals surface area contributed by atoms with Crippen molar-refractivity contribution in [3.63, 3.8) is 0 Å². The minimum atomic E-state index is -4.06. The predicted molar refractivity (Wildman–Crippen MR) is 122 cm³/mol. The van der Waals surface area contributed by atoms with Crippen molar-refractivity contribution in [2.75, 3.05) is 7.11 Å². The number of amides is 1. The zero-order chi connectivity index (χ0) is 22.3. The predicted octanol–water partition coefficient (Wildman–Crippen LogP) is 4.08. The van der Waals surface area contributed by atoms with E-state index in [4.69, 9.17) is 16.3 Å². The van der Waals surface area contributed by atoms with Crippen LogP contribution in [0.2, 0.25) is 5.02 Å². The lowest BCUT2D eigenvalue weighted by atomic mass is 10.0. The van der Waals surface area contributed by atoms with E-state index < -0.39 is 16.1 Å². The Morgan fingerprint density at radius 2 is 1.77 bits per heavy atom. The SMILES string of the molecule is COc1ccc(Cl)cc1S(=O)(=O)N[C@H](Cc1ccccc1)C(=O)NC1CCCCCC1. The third-order valence-corrected chi connectivity index (χ3v) is 7.24. The summed E-state index contributed by atoms with van der Waals surface area (Å²) in [5, 5.41) is 3.34. The molecule has 1 saturated carbocycles. The fourth-order valence-electron chi connectivity index (χ4n) is 3.87. The second kappa shape index (κ2) is 11.0. The molecule has 0 aromatic heterocycles. The van der Waals surface area contributed by atoms with E-state index in [0.29, 0.717) is 0 Å². The Labute approximate surface area is 189 Å². The van der Waals surface area contributed by atoms with Crippen molar-refractivity contribution in [2.24, 2.45) is 0 Å². The maximum Gasteiger partial charge on any atom is 0.245 e. The average Bonchev–Trinajstić information content (AvgIpc) is 3.02. The molecule has 31 heavy (non-hydrogen) atoms. The number of sulfonamides is 1. The van der Waals surface area contributed by atoms with Crippen molar-refractivity contribution < 1.29 is 17.9 Å². The Bertz CT molecular complexity index is 974. The van der Waals surface area contributed by atoms with Gasteiger partial charge in [-0.2, -0.15) is 4.72 Å². The van der Waals surface area contributed by atoms with Gasteiger partial charge in [0.25, 0.3) is 0 Å². The number of halogens is 1. The molecule has 0 radical (unpaired) electrons. The molecule has 168 valence electrons. The molecular weight excluding hydrogens is 436 g/mol. The van der Waals surface area contributed by atoms with E-state index in [-0.39, 0.29) is 34.0 Å². The van der Waals surface area contributed by atoms with Crippen LogP contribution >= 0.6 is 11.6 Å². The fraction of sp³-hybridized carbons (Fsp3) is 0.435. The molecule has 0 saturated heterocycles. The zero-order valence-corrected chi connectivity index (χ0v) is 19.2. The van der Waals surface area contributed by atoms with Crippen LogP contribution in [0, 0.1) is 0 Å². The molecule has 0 unspecified atom stereocenters. The third kappa shape index (κ3) is 6.69. The summed E-state index contributed by atoms with van der Waals surface area (Å²) in [5.74, 6) is -0.153. The van der Waals surface area contributed by atoms with E-state index in [2.05, 4.69) is 10.0 Å². The molecule has 0 spiro atoms. The smallest absolute Gasteiger partial charge is 0.245 e. The molecule has 1 atom stereocenters. The molecule has 3 rings (SSSR count). The number of hydrogen-bond donors (Lipinski definition) is 2. The highest BCUT2D eigenvalue weighted by Crippen LogP contribution is 2.27. The van der Waals surface area contributed by atoms with E-state index in [9.17, 15) is 13.2 Å². The van der Waals surface area contributed by atoms with Gasteiger partial charge in [0.05, 0.1) is 7.11 Å². The summed E-state index contributed by atoms with van der Waals surface area (Å²) in [7, 11) is -2.67. The van der Waals surface area contributed by atoms with E-state index in [1.54, 1.807) is 6.07 Å². The van der Waals surface area contributed by atoms with Crippen LogP contribution in [0.1, 0.15) is 44.1 Å². The number of carbonyl (C=O) groups excluding carboxylic acids is 1. The van der Waals surface area contributed by atoms with Gasteiger partial charge in [-0.15, -0.1) is 0 Å². The van der Waals surface area contributed by atoms with Crippen LogP contribution in [0.15, 0.2) is 53.4 Å². The van der Waals surface area contributed by atoms with Crippen LogP contribution in [-0.2, 0) is 21.2 Å². The number of benzene rings is 2. The first-order valence-electron chi connectivity index (χ1n) is 10.6. The minimum absolute atomic E-state index is 0.0680. The highest BCUT2D eigenvalue weighted by molar-refractivity contribution is 7.89. The van der Waals surface area contributed by atoms with Gasteiger partial charge in [-0.1, -0.05) is 67.6 Å². The van der Waals surface area contributed by atoms with E-state index in [1.165, 1.54) is 32.1 Å². The summed E-state index contributed by atoms with van der Waals surface area (Å²) in [6, 6.07) is 12.8. The molecule has 0 heterocycles. The molecule has 1 aliphatic rings. The van der Waals surface area contributed by atoms with Crippen molar-refractivity contribution in [3.05, 3.63) is 59.1 Å². The Kier molecular flexibility index (Phi) is 8.35. The molecule has 6 nitrogen and oxygen atoms in total. The van der Waals surface area contributed by atoms with Gasteiger partial charge in [0, 0.05) is 11.1 Å². The quantitative estimate of drug-likeness (QED) is 0.576. The Morgan fingerprint density at radius 1 is 1.10 bits per heavy atom. The van der Waals surface area contributed by atoms with Crippen LogP contribution in [0.5, 0.6) is 5.75 Å². The van der Waals surface area contributed by atoms with Gasteiger partial charge in [0.2, 0.25) is 15.9 Å². The third-order valence-electron chi connectivity index (χ3n) is 5.51. The first-order valence-corrected chi connectivity index (χ1v) is 12.5. The van der Waals surface area contributed by atoms with Crippen molar-refractivity contribution >= 4 is 27.5 Å². The molecule has 2 aromatic rings. The molecule has 1 amide bonds. The normalized spacial score (nSPS) is 16.3. The first-order chi connectivity index (χ1) is 14.9. The van der Waals surface area contributed by atoms with E-state index in [0.717, 1.165) is 31.2 Å². The Balaban J connectivity index is 1.85. The number of ether oxygens (including phenoxy) is 1. The van der Waals surface area contributed by atoms with Gasteiger partial charge >= 0.3 is 0 Å². The van der Waals surface area contributed by atoms with Crippen LogP contribution in [0.4, 0.5) is 0 Å². The maximum atomic E-state index is 13.2. The fourth-order valence-corrected chi connectivity index (χ4v) is 5.50. The van der Waals surface area contributed by atoms with Crippen molar-refractivity contribution in [1.29, 1.82) is 0 Å². The minimum Gasteiger partial charge on any atom is -0.495 e. The highest BCUT2D eigenvalue weighted by atomic mass is 35.5. The van der Waals surface area contributed by atoms with Crippen molar-refractivity contribution in [3.8, 4) is 5.75 Å². The van der Waals surface area contributed by atoms with Gasteiger partial charge in [0.1, 0.15) is 16.7 Å². The summed E-state index contributed by atoms with van der Waals surface area (Å²) in [6.45, 7) is 0. The maximum absolute atomic E-state index is 13.2. The molecule has 0 bridgehead atoms. The number of hydrogen-bond acceptors (Lipinski definition) is 4. The lowest BCUT2D eigenvalue weighted by molar-refractivity contribution is -0.123. The highest BCUT2D eigenvalue weighted by Gasteiger charge is 2.29. The van der Waals surface area contributed by atoms with Gasteiger partial charge in [-0.05, 0) is 43.0 Å². The Hall–Kier alpha value is -2.09. The standard InChI is InChI=1S/C23H29ClN2O4S/c1-30-21-14-13-18(24)16-22(21)31(28,29)26-20(15-17-9-5-4-6-10-17)23(27)25-19-11-7-2-3-8-12-19/h4-6,9-10,13-14,16,19-20,26H,2-3,7-8,11-12,15H2,1H3,(H,25,27)/t20-/m1/s1. The monoisotopic (exact) mass is 464 g/mol. The number of methoxy groups -OCH3 is 1. The summed E-state index contributed by atoms with van der Waals surface area (Å²) >= 11 is 6.03. The van der Waals surface area contributed by atoms with E-state index >= 15 is 0 Å². The van der Waals surface area contributed by atoms with Gasteiger partial charge in [-0.25, -0.2) is 8.42 Å². The summed E-state index contributed by atoms with van der Waals surface area (Å²) in [4.78, 5) is 13.1. The lowest BCUT2D eigenvalue weighted by Gasteiger charge is -2.23. The van der Waals surface area contributed by atoms with Gasteiger partial charge in [0.15, 0.2) is 0 Å². The molecule has 1 fully saturated rings. The van der Waals surface area contributed by atoms with Crippen LogP contribution in [-0.4, -0.2) is 33.5 Å². The average molecular weight is 465 g/mol. The van der Waals surface area contributed by atoms with Crippen LogP contribution in [0.25, 0.3) is 0 Å². The number of nitrogens with one attached hydrogen (secondary N) is 2. The number of carbonyl (C=O) groups is 1. The van der Waals surface area contributed by atoms with E-state index in [1.807, 2.05) is 30.3 Å². The second-order valence-electron chi connectivity index (χ2n) is 7.86. The summed E-state index contributed by atoms with van der Waals surface area (Å²) < 4.78 is 34.2. The molecule has 0 aliphatic heterocycles. The van der Waals surface area contributed by atoms with Crippen molar-refractivity contribution in [1.82, 2.24) is 10.0 Å². The number of rotatable bonds is 8. The summed E-state index contributed by atoms with van der Waals surface area (Å²) in [5.41, 5.74) is 0.865. The summed E-state index contributed by atoms with van der Waals surface area (Å²) in [6.07, 6.45) is 6.54. The molecular formula is C23H29ClN2O4S. The molecule has 2 N–H and O–H groups in total. The first kappa shape index (κ1) is 23.6. The molecule has 8 heteroatoms. The van der Waals surface area contributed by atoms with Crippen LogP contribution < -0.4 is 14.8 Å². The largest absolute Gasteiger partial charge is 0.495 e. The zero-order valence-electron chi connectivity index (χ0n) is 17.6. The van der Waals surface area contributed by atoms with Crippen LogP contribution in [0.3, 0.4) is 0 Å². The van der Waals surface area contributed by atoms with Gasteiger partial charge in [-0.3, -0.25) is 4.79 Å². The topological polar surface area (TPSA) is 84.5 Å². The second-order valence-corrected chi connectivity index (χ2v) is 9.97. The van der Waals surface area contributed by atoms with Gasteiger partial charge < -0.3 is 10.1 Å². The van der Waals surface area contributed by atoms with Crippen molar-refractivity contribution in [2.45, 2.75) is 61.9 Å². The molecule has 2 aromatic carbocycles. The Morgan fingerprint density at radius 3 is 2.42 bits per heavy atom.